The number of nitrogens with zero attached hydrogens (tertiary/aromatic N) is 3. The number of carbonyl (C=O) groups excluding carboxylic acids is 1. The van der Waals surface area contributed by atoms with Crippen LogP contribution in [0, 0.1) is 13.8 Å². The van der Waals surface area contributed by atoms with E-state index in [1.807, 2.05) is 13.8 Å². The van der Waals surface area contributed by atoms with Gasteiger partial charge >= 0.3 is 0 Å². The third-order valence-corrected chi connectivity index (χ3v) is 8.57. The summed E-state index contributed by atoms with van der Waals surface area (Å²) in [6.45, 7) is 3.91. The SMILES string of the molecule is COc1ccc(C)cc1N(CC(=O)N1CCN(S(=O)(=O)c2ccc(C)cc2)CC1)S(C)(=O)=O. The first-order valence-electron chi connectivity index (χ1n) is 10.4. The molecule has 0 atom stereocenters. The zero-order valence-electron chi connectivity index (χ0n) is 19.2. The Balaban J connectivity index is 1.73. The molecule has 1 amide bonds. The zero-order valence-corrected chi connectivity index (χ0v) is 20.8. The van der Waals surface area contributed by atoms with E-state index in [1.165, 1.54) is 16.3 Å². The number of carbonyl (C=O) groups is 1. The number of anilines is 1. The maximum atomic E-state index is 13.0. The van der Waals surface area contributed by atoms with Crippen LogP contribution in [0.4, 0.5) is 5.69 Å². The van der Waals surface area contributed by atoms with Crippen LogP contribution in [0.15, 0.2) is 47.4 Å². The second-order valence-electron chi connectivity index (χ2n) is 8.04. The molecule has 0 radical (unpaired) electrons. The van der Waals surface area contributed by atoms with E-state index in [0.29, 0.717) is 5.75 Å². The van der Waals surface area contributed by atoms with E-state index >= 15 is 0 Å². The van der Waals surface area contributed by atoms with E-state index in [2.05, 4.69) is 0 Å². The number of hydrogen-bond donors (Lipinski definition) is 0. The summed E-state index contributed by atoms with van der Waals surface area (Å²) in [5.74, 6) is -0.0656. The maximum Gasteiger partial charge on any atom is 0.243 e. The minimum Gasteiger partial charge on any atom is -0.495 e. The van der Waals surface area contributed by atoms with Gasteiger partial charge in [-0.05, 0) is 43.7 Å². The summed E-state index contributed by atoms with van der Waals surface area (Å²) in [7, 11) is -6.00. The molecule has 0 saturated carbocycles. The summed E-state index contributed by atoms with van der Waals surface area (Å²) < 4.78 is 58.5. The molecular weight excluding hydrogens is 466 g/mol. The summed E-state index contributed by atoms with van der Waals surface area (Å²) in [5, 5.41) is 0. The fourth-order valence-electron chi connectivity index (χ4n) is 3.64. The highest BCUT2D eigenvalue weighted by Crippen LogP contribution is 2.31. The Kier molecular flexibility index (Phi) is 7.35. The summed E-state index contributed by atoms with van der Waals surface area (Å²) in [4.78, 5) is 14.7. The Morgan fingerprint density at radius 1 is 0.939 bits per heavy atom. The van der Waals surface area contributed by atoms with Crippen LogP contribution in [0.2, 0.25) is 0 Å². The molecule has 2 aromatic carbocycles. The van der Waals surface area contributed by atoms with Crippen LogP contribution in [0.1, 0.15) is 11.1 Å². The minimum absolute atomic E-state index is 0.134. The van der Waals surface area contributed by atoms with Crippen molar-refractivity contribution in [3.8, 4) is 5.75 Å². The van der Waals surface area contributed by atoms with Crippen molar-refractivity contribution in [1.29, 1.82) is 0 Å². The van der Waals surface area contributed by atoms with E-state index in [4.69, 9.17) is 4.74 Å². The predicted molar refractivity (Wildman–Crippen MR) is 126 cm³/mol. The monoisotopic (exact) mass is 495 g/mol. The van der Waals surface area contributed by atoms with Crippen LogP contribution < -0.4 is 9.04 Å². The molecule has 3 rings (SSSR count). The smallest absolute Gasteiger partial charge is 0.243 e. The summed E-state index contributed by atoms with van der Waals surface area (Å²) in [5.41, 5.74) is 2.07. The summed E-state index contributed by atoms with van der Waals surface area (Å²) in [6, 6.07) is 11.7. The average Bonchev–Trinajstić information content (AvgIpc) is 2.77. The van der Waals surface area contributed by atoms with Gasteiger partial charge in [-0.2, -0.15) is 4.31 Å². The van der Waals surface area contributed by atoms with E-state index in [0.717, 1.165) is 21.7 Å². The lowest BCUT2D eigenvalue weighted by Crippen LogP contribution is -2.53. The van der Waals surface area contributed by atoms with Crippen molar-refractivity contribution in [1.82, 2.24) is 9.21 Å². The molecule has 0 bridgehead atoms. The predicted octanol–water partition coefficient (Wildman–Crippen LogP) is 1.61. The molecule has 1 aliphatic heterocycles. The second-order valence-corrected chi connectivity index (χ2v) is 11.9. The molecule has 0 unspecified atom stereocenters. The van der Waals surface area contributed by atoms with Crippen molar-refractivity contribution in [2.75, 3.05) is 50.4 Å². The Morgan fingerprint density at radius 3 is 2.06 bits per heavy atom. The molecule has 9 nitrogen and oxygen atoms in total. The molecule has 1 heterocycles. The van der Waals surface area contributed by atoms with Crippen molar-refractivity contribution >= 4 is 31.6 Å². The molecule has 1 aliphatic rings. The van der Waals surface area contributed by atoms with Crippen LogP contribution in [0.25, 0.3) is 0 Å². The molecule has 2 aromatic rings. The van der Waals surface area contributed by atoms with Gasteiger partial charge in [0.25, 0.3) is 0 Å². The number of amides is 1. The zero-order chi connectivity index (χ0) is 24.4. The van der Waals surface area contributed by atoms with E-state index in [1.54, 1.807) is 42.5 Å². The van der Waals surface area contributed by atoms with Crippen molar-refractivity contribution in [2.45, 2.75) is 18.7 Å². The van der Waals surface area contributed by atoms with Gasteiger partial charge in [-0.3, -0.25) is 9.10 Å². The maximum absolute atomic E-state index is 13.0. The van der Waals surface area contributed by atoms with Crippen LogP contribution in [0.3, 0.4) is 0 Å². The molecule has 0 aliphatic carbocycles. The number of sulfonamides is 2. The van der Waals surface area contributed by atoms with E-state index in [9.17, 15) is 21.6 Å². The molecule has 33 heavy (non-hydrogen) atoms. The topological polar surface area (TPSA) is 104 Å². The van der Waals surface area contributed by atoms with Gasteiger partial charge in [-0.15, -0.1) is 0 Å². The van der Waals surface area contributed by atoms with Gasteiger partial charge in [0.15, 0.2) is 0 Å². The number of ether oxygens (including phenoxy) is 1. The summed E-state index contributed by atoms with van der Waals surface area (Å²) in [6.07, 6.45) is 1.04. The highest BCUT2D eigenvalue weighted by molar-refractivity contribution is 7.92. The van der Waals surface area contributed by atoms with Gasteiger partial charge in [0.1, 0.15) is 12.3 Å². The normalized spacial score (nSPS) is 15.3. The van der Waals surface area contributed by atoms with E-state index in [-0.39, 0.29) is 36.8 Å². The molecule has 1 saturated heterocycles. The highest BCUT2D eigenvalue weighted by Gasteiger charge is 2.32. The van der Waals surface area contributed by atoms with Crippen molar-refractivity contribution in [2.24, 2.45) is 0 Å². The Labute approximate surface area is 195 Å². The van der Waals surface area contributed by atoms with Crippen LogP contribution in [-0.2, 0) is 24.8 Å². The molecular formula is C22H29N3O6S2. The van der Waals surface area contributed by atoms with Crippen LogP contribution >= 0.6 is 0 Å². The molecule has 1 fully saturated rings. The lowest BCUT2D eigenvalue weighted by Gasteiger charge is -2.35. The first-order valence-corrected chi connectivity index (χ1v) is 13.7. The third-order valence-electron chi connectivity index (χ3n) is 5.53. The second kappa shape index (κ2) is 9.70. The standard InChI is InChI=1S/C22H29N3O6S2/c1-17-5-8-19(9-6-17)33(29,30)24-13-11-23(12-14-24)22(26)16-25(32(4,27)28)20-15-18(2)7-10-21(20)31-3/h5-10,15H,11-14,16H2,1-4H3. The summed E-state index contributed by atoms with van der Waals surface area (Å²) >= 11 is 0. The fourth-order valence-corrected chi connectivity index (χ4v) is 5.90. The quantitative estimate of drug-likeness (QED) is 0.578. The van der Waals surface area contributed by atoms with Crippen molar-refractivity contribution in [3.05, 3.63) is 53.6 Å². The first kappa shape index (κ1) is 25.0. The number of rotatable bonds is 7. The lowest BCUT2D eigenvalue weighted by molar-refractivity contribution is -0.130. The Hall–Kier alpha value is -2.63. The minimum atomic E-state index is -3.78. The first-order chi connectivity index (χ1) is 15.4. The largest absolute Gasteiger partial charge is 0.495 e. The van der Waals surface area contributed by atoms with Gasteiger partial charge in [0.2, 0.25) is 26.0 Å². The number of methoxy groups -OCH3 is 1. The molecule has 0 N–H and O–H groups in total. The van der Waals surface area contributed by atoms with Crippen LogP contribution in [-0.4, -0.2) is 78.0 Å². The number of aryl methyl sites for hydroxylation is 2. The molecule has 0 aromatic heterocycles. The Morgan fingerprint density at radius 2 is 1.52 bits per heavy atom. The van der Waals surface area contributed by atoms with Crippen molar-refractivity contribution < 1.29 is 26.4 Å². The molecule has 180 valence electrons. The molecule has 0 spiro atoms. The lowest BCUT2D eigenvalue weighted by atomic mass is 10.2. The van der Waals surface area contributed by atoms with Gasteiger partial charge in [-0.25, -0.2) is 16.8 Å². The van der Waals surface area contributed by atoms with Gasteiger partial charge < -0.3 is 9.64 Å². The number of piperazine rings is 1. The number of hydrogen-bond acceptors (Lipinski definition) is 6. The van der Waals surface area contributed by atoms with E-state index < -0.39 is 32.5 Å². The van der Waals surface area contributed by atoms with Gasteiger partial charge in [-0.1, -0.05) is 23.8 Å². The Bertz CT molecular complexity index is 1220. The fraction of sp³-hybridized carbons (Fsp3) is 0.409. The van der Waals surface area contributed by atoms with Gasteiger partial charge in [0, 0.05) is 26.2 Å². The van der Waals surface area contributed by atoms with Crippen LogP contribution in [0.5, 0.6) is 5.75 Å². The highest BCUT2D eigenvalue weighted by atomic mass is 32.2. The third kappa shape index (κ3) is 5.66. The van der Waals surface area contributed by atoms with Crippen molar-refractivity contribution in [3.63, 3.8) is 0 Å². The average molecular weight is 496 g/mol. The number of benzene rings is 2. The molecule has 11 heteroatoms. The van der Waals surface area contributed by atoms with Gasteiger partial charge in [0.05, 0.1) is 23.9 Å².